The molecule has 22 heavy (non-hydrogen) atoms. The van der Waals surface area contributed by atoms with Crippen molar-refractivity contribution in [3.63, 3.8) is 0 Å². The highest BCUT2D eigenvalue weighted by molar-refractivity contribution is 7.13. The Hall–Kier alpha value is -1.93. The van der Waals surface area contributed by atoms with Crippen molar-refractivity contribution in [1.29, 1.82) is 0 Å². The molecule has 1 unspecified atom stereocenters. The third kappa shape index (κ3) is 3.28. The molecule has 1 amide bonds. The molecule has 0 bridgehead atoms. The van der Waals surface area contributed by atoms with Crippen LogP contribution in [0.3, 0.4) is 0 Å². The van der Waals surface area contributed by atoms with Crippen molar-refractivity contribution in [2.45, 2.75) is 19.9 Å². The Balaban J connectivity index is 2.26. The normalized spacial score (nSPS) is 12.3. The molecule has 8 heteroatoms. The molecule has 0 saturated carbocycles. The molecular weight excluding hydrogens is 317 g/mol. The van der Waals surface area contributed by atoms with Crippen molar-refractivity contribution in [3.05, 3.63) is 50.7 Å². The first-order valence-electron chi connectivity index (χ1n) is 6.33. The second kappa shape index (κ2) is 6.45. The summed E-state index contributed by atoms with van der Waals surface area (Å²) in [5.41, 5.74) is 0.458. The molecule has 0 aliphatic heterocycles. The minimum Gasteiger partial charge on any atom is -0.394 e. The molecule has 2 N–H and O–H groups in total. The van der Waals surface area contributed by atoms with E-state index in [1.165, 1.54) is 11.3 Å². The van der Waals surface area contributed by atoms with Gasteiger partial charge >= 0.3 is 0 Å². The van der Waals surface area contributed by atoms with Gasteiger partial charge in [0.1, 0.15) is 4.88 Å². The summed E-state index contributed by atoms with van der Waals surface area (Å²) in [6, 6.07) is 0.424. The number of aromatic nitrogens is 1. The number of rotatable bonds is 4. The fourth-order valence-electron chi connectivity index (χ4n) is 1.98. The van der Waals surface area contributed by atoms with Crippen LogP contribution < -0.4 is 5.32 Å². The van der Waals surface area contributed by atoms with Gasteiger partial charge in [0.2, 0.25) is 0 Å². The minimum absolute atomic E-state index is 0.0638. The second-order valence-corrected chi connectivity index (χ2v) is 5.86. The Morgan fingerprint density at radius 1 is 1.32 bits per heavy atom. The monoisotopic (exact) mass is 330 g/mol. The number of hydrogen-bond donors (Lipinski definition) is 2. The molecule has 1 aromatic carbocycles. The van der Waals surface area contributed by atoms with Crippen molar-refractivity contribution in [3.8, 4) is 0 Å². The SMILES string of the molecule is Cc1nc(C)c(C(=O)NC(CO)c2cc(F)c(F)c(F)c2)s1. The van der Waals surface area contributed by atoms with E-state index in [1.54, 1.807) is 13.8 Å². The van der Waals surface area contributed by atoms with E-state index in [4.69, 9.17) is 0 Å². The van der Waals surface area contributed by atoms with Crippen LogP contribution in [0.2, 0.25) is 0 Å². The quantitative estimate of drug-likeness (QED) is 0.847. The molecule has 1 aromatic heterocycles. The number of amides is 1. The van der Waals surface area contributed by atoms with Crippen molar-refractivity contribution in [2.75, 3.05) is 6.61 Å². The van der Waals surface area contributed by atoms with E-state index < -0.39 is 36.0 Å². The van der Waals surface area contributed by atoms with Crippen LogP contribution in [0.15, 0.2) is 12.1 Å². The number of halogens is 3. The van der Waals surface area contributed by atoms with Gasteiger partial charge in [0.25, 0.3) is 5.91 Å². The molecular formula is C14H13F3N2O2S. The zero-order chi connectivity index (χ0) is 16.4. The van der Waals surface area contributed by atoms with Crippen molar-refractivity contribution < 1.29 is 23.1 Å². The fraction of sp³-hybridized carbons (Fsp3) is 0.286. The van der Waals surface area contributed by atoms with E-state index in [0.717, 1.165) is 12.1 Å². The summed E-state index contributed by atoms with van der Waals surface area (Å²) in [6.45, 7) is 2.80. The molecule has 0 radical (unpaired) electrons. The topological polar surface area (TPSA) is 62.2 Å². The first-order valence-corrected chi connectivity index (χ1v) is 7.15. The number of carbonyl (C=O) groups excluding carboxylic acids is 1. The van der Waals surface area contributed by atoms with E-state index in [2.05, 4.69) is 10.3 Å². The zero-order valence-corrected chi connectivity index (χ0v) is 12.6. The largest absolute Gasteiger partial charge is 0.394 e. The predicted molar refractivity (Wildman–Crippen MR) is 75.2 cm³/mol. The lowest BCUT2D eigenvalue weighted by molar-refractivity contribution is 0.0919. The fourth-order valence-corrected chi connectivity index (χ4v) is 2.80. The third-order valence-corrected chi connectivity index (χ3v) is 4.08. The first-order chi connectivity index (χ1) is 10.3. The maximum Gasteiger partial charge on any atom is 0.263 e. The average Bonchev–Trinajstić information content (AvgIpc) is 2.80. The van der Waals surface area contributed by atoms with E-state index in [0.29, 0.717) is 15.6 Å². The van der Waals surface area contributed by atoms with Gasteiger partial charge in [-0.25, -0.2) is 18.2 Å². The molecule has 118 valence electrons. The van der Waals surface area contributed by atoms with Crippen molar-refractivity contribution >= 4 is 17.2 Å². The minimum atomic E-state index is -1.60. The average molecular weight is 330 g/mol. The Kier molecular flexibility index (Phi) is 4.82. The molecule has 4 nitrogen and oxygen atoms in total. The van der Waals surface area contributed by atoms with Gasteiger partial charge in [-0.05, 0) is 31.5 Å². The van der Waals surface area contributed by atoms with Crippen molar-refractivity contribution in [1.82, 2.24) is 10.3 Å². The summed E-state index contributed by atoms with van der Waals surface area (Å²) in [4.78, 5) is 16.6. The van der Waals surface area contributed by atoms with Gasteiger partial charge in [0.05, 0.1) is 23.4 Å². The van der Waals surface area contributed by atoms with Crippen LogP contribution in [0.25, 0.3) is 0 Å². The number of thiazole rings is 1. The molecule has 2 aromatic rings. The first kappa shape index (κ1) is 16.4. The predicted octanol–water partition coefficient (Wildman–Crippen LogP) is 2.64. The zero-order valence-electron chi connectivity index (χ0n) is 11.8. The Bertz CT molecular complexity index is 695. The van der Waals surface area contributed by atoms with Crippen LogP contribution in [0, 0.1) is 31.3 Å². The van der Waals surface area contributed by atoms with Crippen molar-refractivity contribution in [2.24, 2.45) is 0 Å². The van der Waals surface area contributed by atoms with E-state index in [-0.39, 0.29) is 5.56 Å². The smallest absolute Gasteiger partial charge is 0.263 e. The summed E-state index contributed by atoms with van der Waals surface area (Å²) >= 11 is 1.17. The summed E-state index contributed by atoms with van der Waals surface area (Å²) in [5.74, 6) is -4.88. The van der Waals surface area contributed by atoms with Crippen LogP contribution in [-0.2, 0) is 0 Å². The van der Waals surface area contributed by atoms with E-state index >= 15 is 0 Å². The van der Waals surface area contributed by atoms with Crippen LogP contribution in [0.4, 0.5) is 13.2 Å². The van der Waals surface area contributed by atoms with Gasteiger partial charge in [-0.2, -0.15) is 0 Å². The maximum atomic E-state index is 13.2. The van der Waals surface area contributed by atoms with Gasteiger partial charge in [-0.1, -0.05) is 0 Å². The number of hydrogen-bond acceptors (Lipinski definition) is 4. The van der Waals surface area contributed by atoms with Crippen LogP contribution in [0.5, 0.6) is 0 Å². The second-order valence-electron chi connectivity index (χ2n) is 4.65. The Labute approximate surface area is 128 Å². The number of nitrogens with one attached hydrogen (secondary N) is 1. The van der Waals surface area contributed by atoms with Crippen LogP contribution >= 0.6 is 11.3 Å². The maximum absolute atomic E-state index is 13.2. The molecule has 0 saturated heterocycles. The summed E-state index contributed by atoms with van der Waals surface area (Å²) in [6.07, 6.45) is 0. The summed E-state index contributed by atoms with van der Waals surface area (Å²) in [7, 11) is 0. The van der Waals surface area contributed by atoms with Gasteiger partial charge in [-0.15, -0.1) is 11.3 Å². The number of carbonyl (C=O) groups is 1. The molecule has 2 rings (SSSR count). The molecule has 1 heterocycles. The van der Waals surface area contributed by atoms with Gasteiger partial charge in [-0.3, -0.25) is 4.79 Å². The number of aryl methyl sites for hydroxylation is 2. The Morgan fingerprint density at radius 3 is 2.36 bits per heavy atom. The molecule has 0 fully saturated rings. The van der Waals surface area contributed by atoms with Gasteiger partial charge < -0.3 is 10.4 Å². The highest BCUT2D eigenvalue weighted by Crippen LogP contribution is 2.22. The number of aliphatic hydroxyl groups is 1. The number of aliphatic hydroxyl groups excluding tert-OH is 1. The number of nitrogens with zero attached hydrogens (tertiary/aromatic N) is 1. The van der Waals surface area contributed by atoms with E-state index in [9.17, 15) is 23.1 Å². The summed E-state index contributed by atoms with van der Waals surface area (Å²) in [5, 5.41) is 12.5. The third-order valence-electron chi connectivity index (χ3n) is 3.01. The highest BCUT2D eigenvalue weighted by atomic mass is 32.1. The van der Waals surface area contributed by atoms with Crippen LogP contribution in [-0.4, -0.2) is 22.6 Å². The number of benzene rings is 1. The molecule has 1 atom stereocenters. The molecule has 0 spiro atoms. The van der Waals surface area contributed by atoms with Gasteiger partial charge in [0, 0.05) is 0 Å². The van der Waals surface area contributed by atoms with Gasteiger partial charge in [0.15, 0.2) is 17.5 Å². The molecule has 0 aliphatic rings. The highest BCUT2D eigenvalue weighted by Gasteiger charge is 2.21. The lowest BCUT2D eigenvalue weighted by Crippen LogP contribution is -2.31. The Morgan fingerprint density at radius 2 is 1.91 bits per heavy atom. The summed E-state index contributed by atoms with van der Waals surface area (Å²) < 4.78 is 39.4. The standard InChI is InChI=1S/C14H13F3N2O2S/c1-6-13(22-7(2)18-6)14(21)19-11(5-20)8-3-9(15)12(17)10(16)4-8/h3-4,11,20H,5H2,1-2H3,(H,19,21). The van der Waals surface area contributed by atoms with Crippen LogP contribution in [0.1, 0.15) is 32.0 Å². The van der Waals surface area contributed by atoms with E-state index in [1.807, 2.05) is 0 Å². The lowest BCUT2D eigenvalue weighted by atomic mass is 10.1. The lowest BCUT2D eigenvalue weighted by Gasteiger charge is -2.17. The molecule has 0 aliphatic carbocycles.